The first-order valence-electron chi connectivity index (χ1n) is 14.8. The van der Waals surface area contributed by atoms with Gasteiger partial charge in [-0.3, -0.25) is 0 Å². The third-order valence-corrected chi connectivity index (χ3v) is 8.82. The zero-order chi connectivity index (χ0) is 29.8. The van der Waals surface area contributed by atoms with Crippen molar-refractivity contribution in [1.82, 2.24) is 9.97 Å². The quantitative estimate of drug-likeness (QED) is 0.159. The van der Waals surface area contributed by atoms with Gasteiger partial charge in [0.25, 0.3) is 0 Å². The normalized spacial score (nSPS) is 11.4. The predicted octanol–water partition coefficient (Wildman–Crippen LogP) is 10.6. The molecule has 206 valence electrons. The number of aromatic nitrogens is 2. The summed E-state index contributed by atoms with van der Waals surface area (Å²) < 4.78 is 0. The van der Waals surface area contributed by atoms with Gasteiger partial charge in [0.2, 0.25) is 0 Å². The Hall–Kier alpha value is -5.85. The Labute approximate surface area is 255 Å². The van der Waals surface area contributed by atoms with Crippen molar-refractivity contribution in [1.29, 1.82) is 5.26 Å². The summed E-state index contributed by atoms with van der Waals surface area (Å²) in [6.07, 6.45) is 0. The molecular weight excluding hydrogens is 534 g/mol. The number of fused-ring (bicyclic) bond motifs is 6. The molecule has 0 bridgehead atoms. The van der Waals surface area contributed by atoms with Crippen LogP contribution in [0.2, 0.25) is 0 Å². The van der Waals surface area contributed by atoms with Gasteiger partial charge in [-0.05, 0) is 71.1 Å². The number of nitriles is 1. The van der Waals surface area contributed by atoms with Crippen LogP contribution < -0.4 is 0 Å². The van der Waals surface area contributed by atoms with Crippen LogP contribution in [0.4, 0.5) is 0 Å². The Morgan fingerprint density at radius 1 is 0.455 bits per heavy atom. The van der Waals surface area contributed by atoms with Crippen LogP contribution in [0.25, 0.3) is 77.0 Å². The number of pyridine rings is 2. The van der Waals surface area contributed by atoms with Gasteiger partial charge in [0.1, 0.15) is 0 Å². The molecule has 0 N–H and O–H groups in total. The van der Waals surface area contributed by atoms with Crippen LogP contribution in [0.3, 0.4) is 0 Å². The zero-order valence-corrected chi connectivity index (χ0v) is 24.5. The molecule has 0 atom stereocenters. The number of hydrogen-bond donors (Lipinski definition) is 0. The van der Waals surface area contributed by atoms with Crippen LogP contribution in [0, 0.1) is 25.2 Å². The number of aryl methyl sites for hydroxylation is 2. The fourth-order valence-corrected chi connectivity index (χ4v) is 6.76. The molecular formula is C41H27N3. The number of hydrogen-bond acceptors (Lipinski definition) is 3. The molecule has 0 radical (unpaired) electrons. The second-order valence-corrected chi connectivity index (χ2v) is 11.3. The lowest BCUT2D eigenvalue weighted by Crippen LogP contribution is -1.99. The van der Waals surface area contributed by atoms with Gasteiger partial charge in [0, 0.05) is 32.7 Å². The SMILES string of the molecule is Cc1c2c(-c3ccccc3)nc3cc(-c4ccc(C#N)cc4)ccc3c2c(C)c2c(-c3ccccc3)nc3ccccc3c12. The van der Waals surface area contributed by atoms with Gasteiger partial charge in [-0.1, -0.05) is 103 Å². The fourth-order valence-electron chi connectivity index (χ4n) is 6.76. The van der Waals surface area contributed by atoms with Gasteiger partial charge in [0.05, 0.1) is 34.1 Å². The standard InChI is InChI=1S/C41H27N3/c1-25-36-32-15-9-10-16-34(32)43-40(29-11-5-3-6-12-29)38(36)26(2)37-33-22-21-31(28-19-17-27(24-42)18-20-28)23-35(33)44-41(39(25)37)30-13-7-4-8-14-30/h3-23H,1-2H3. The lowest BCUT2D eigenvalue weighted by atomic mass is 9.85. The monoisotopic (exact) mass is 561 g/mol. The highest BCUT2D eigenvalue weighted by Gasteiger charge is 2.22. The second-order valence-electron chi connectivity index (χ2n) is 11.3. The first kappa shape index (κ1) is 25.8. The minimum absolute atomic E-state index is 0.651. The van der Waals surface area contributed by atoms with E-state index in [1.165, 1.54) is 32.7 Å². The highest BCUT2D eigenvalue weighted by atomic mass is 14.7. The third-order valence-electron chi connectivity index (χ3n) is 8.82. The van der Waals surface area contributed by atoms with Crippen LogP contribution in [0.5, 0.6) is 0 Å². The average molecular weight is 562 g/mol. The fraction of sp³-hybridized carbons (Fsp3) is 0.0488. The molecule has 0 amide bonds. The molecule has 8 rings (SSSR count). The summed E-state index contributed by atoms with van der Waals surface area (Å²) in [7, 11) is 0. The van der Waals surface area contributed by atoms with Crippen LogP contribution in [0.1, 0.15) is 16.7 Å². The van der Waals surface area contributed by atoms with Crippen molar-refractivity contribution < 1.29 is 0 Å². The Bertz CT molecular complexity index is 2440. The van der Waals surface area contributed by atoms with E-state index in [-0.39, 0.29) is 0 Å². The van der Waals surface area contributed by atoms with Gasteiger partial charge in [-0.25, -0.2) is 9.97 Å². The average Bonchev–Trinajstić information content (AvgIpc) is 3.09. The number of para-hydroxylation sites is 1. The van der Waals surface area contributed by atoms with Crippen molar-refractivity contribution in [3.05, 3.63) is 144 Å². The van der Waals surface area contributed by atoms with E-state index in [4.69, 9.17) is 9.97 Å². The van der Waals surface area contributed by atoms with Crippen LogP contribution in [0.15, 0.2) is 127 Å². The molecule has 0 aliphatic heterocycles. The van der Waals surface area contributed by atoms with Gasteiger partial charge in [-0.15, -0.1) is 0 Å². The first-order valence-corrected chi connectivity index (χ1v) is 14.8. The van der Waals surface area contributed by atoms with E-state index in [9.17, 15) is 5.26 Å². The highest BCUT2D eigenvalue weighted by Crippen LogP contribution is 2.45. The zero-order valence-electron chi connectivity index (χ0n) is 24.5. The number of rotatable bonds is 3. The number of nitrogens with zero attached hydrogens (tertiary/aromatic N) is 3. The summed E-state index contributed by atoms with van der Waals surface area (Å²) in [5, 5.41) is 16.4. The largest absolute Gasteiger partial charge is 0.247 e. The van der Waals surface area contributed by atoms with Crippen molar-refractivity contribution in [2.75, 3.05) is 0 Å². The summed E-state index contributed by atoms with van der Waals surface area (Å²) in [6.45, 7) is 4.49. The Morgan fingerprint density at radius 3 is 1.55 bits per heavy atom. The summed E-state index contributed by atoms with van der Waals surface area (Å²) in [6, 6.07) is 46.0. The molecule has 3 nitrogen and oxygen atoms in total. The van der Waals surface area contributed by atoms with Gasteiger partial charge < -0.3 is 0 Å². The Balaban J connectivity index is 1.56. The topological polar surface area (TPSA) is 49.6 Å². The molecule has 0 fully saturated rings. The Kier molecular flexibility index (Phi) is 5.96. The maximum Gasteiger partial charge on any atom is 0.0991 e. The molecule has 0 aliphatic rings. The van der Waals surface area contributed by atoms with Crippen LogP contribution in [-0.2, 0) is 0 Å². The van der Waals surface area contributed by atoms with Crippen molar-refractivity contribution in [2.45, 2.75) is 13.8 Å². The van der Waals surface area contributed by atoms with Crippen molar-refractivity contribution in [2.24, 2.45) is 0 Å². The van der Waals surface area contributed by atoms with E-state index in [0.717, 1.165) is 55.4 Å². The summed E-state index contributed by atoms with van der Waals surface area (Å²) >= 11 is 0. The maximum atomic E-state index is 9.29. The van der Waals surface area contributed by atoms with Gasteiger partial charge >= 0.3 is 0 Å². The van der Waals surface area contributed by atoms with E-state index in [2.05, 4.69) is 123 Å². The molecule has 6 aromatic carbocycles. The van der Waals surface area contributed by atoms with Crippen LogP contribution in [-0.4, -0.2) is 9.97 Å². The lowest BCUT2D eigenvalue weighted by Gasteiger charge is -2.21. The van der Waals surface area contributed by atoms with Crippen molar-refractivity contribution in [3.8, 4) is 39.7 Å². The van der Waals surface area contributed by atoms with Gasteiger partial charge in [0.15, 0.2) is 0 Å². The highest BCUT2D eigenvalue weighted by molar-refractivity contribution is 6.25. The molecule has 44 heavy (non-hydrogen) atoms. The predicted molar refractivity (Wildman–Crippen MR) is 183 cm³/mol. The van der Waals surface area contributed by atoms with E-state index in [1.807, 2.05) is 24.3 Å². The lowest BCUT2D eigenvalue weighted by molar-refractivity contribution is 1.39. The molecule has 0 aliphatic carbocycles. The van der Waals surface area contributed by atoms with E-state index in [0.29, 0.717) is 5.56 Å². The summed E-state index contributed by atoms with van der Waals surface area (Å²) in [5.74, 6) is 0. The molecule has 0 unspecified atom stereocenters. The Morgan fingerprint density at radius 2 is 0.955 bits per heavy atom. The van der Waals surface area contributed by atoms with E-state index >= 15 is 0 Å². The third kappa shape index (κ3) is 3.96. The van der Waals surface area contributed by atoms with Crippen molar-refractivity contribution >= 4 is 43.4 Å². The van der Waals surface area contributed by atoms with Crippen LogP contribution >= 0.6 is 0 Å². The summed E-state index contributed by atoms with van der Waals surface area (Å²) in [4.78, 5) is 10.7. The van der Waals surface area contributed by atoms with E-state index < -0.39 is 0 Å². The molecule has 0 saturated carbocycles. The maximum absolute atomic E-state index is 9.29. The van der Waals surface area contributed by atoms with E-state index in [1.54, 1.807) is 0 Å². The van der Waals surface area contributed by atoms with Crippen molar-refractivity contribution in [3.63, 3.8) is 0 Å². The molecule has 0 spiro atoms. The second kappa shape index (κ2) is 10.2. The molecule has 2 heterocycles. The molecule has 8 aromatic rings. The minimum atomic E-state index is 0.651. The first-order chi connectivity index (χ1) is 21.6. The summed E-state index contributed by atoms with van der Waals surface area (Å²) in [5.41, 5.74) is 11.3. The minimum Gasteiger partial charge on any atom is -0.247 e. The molecule has 2 aromatic heterocycles. The van der Waals surface area contributed by atoms with Gasteiger partial charge in [-0.2, -0.15) is 5.26 Å². The number of benzene rings is 6. The smallest absolute Gasteiger partial charge is 0.0991 e. The molecule has 0 saturated heterocycles. The molecule has 3 heteroatoms.